The summed E-state index contributed by atoms with van der Waals surface area (Å²) in [6.45, 7) is 3.35. The summed E-state index contributed by atoms with van der Waals surface area (Å²) in [6.07, 6.45) is 3.04. The van der Waals surface area contributed by atoms with Gasteiger partial charge in [-0.25, -0.2) is 0 Å². The fourth-order valence-corrected chi connectivity index (χ4v) is 3.27. The van der Waals surface area contributed by atoms with E-state index in [1.54, 1.807) is 6.92 Å². The van der Waals surface area contributed by atoms with E-state index in [4.69, 9.17) is 0 Å². The van der Waals surface area contributed by atoms with Crippen molar-refractivity contribution in [3.63, 3.8) is 0 Å². The average molecular weight is 325 g/mol. The molecule has 126 valence electrons. The van der Waals surface area contributed by atoms with Gasteiger partial charge in [-0.15, -0.1) is 0 Å². The third kappa shape index (κ3) is 3.97. The first-order valence-corrected chi connectivity index (χ1v) is 8.44. The van der Waals surface area contributed by atoms with Crippen LogP contribution in [0.2, 0.25) is 0 Å². The van der Waals surface area contributed by atoms with E-state index in [2.05, 4.69) is 10.2 Å². The predicted molar refractivity (Wildman–Crippen MR) is 92.1 cm³/mol. The maximum atomic E-state index is 11.5. The first-order chi connectivity index (χ1) is 11.7. The number of carbonyl (C=O) groups is 1. The molecule has 5 nitrogen and oxygen atoms in total. The van der Waals surface area contributed by atoms with Gasteiger partial charge in [0.1, 0.15) is 0 Å². The summed E-state index contributed by atoms with van der Waals surface area (Å²) in [6, 6.07) is 11.7. The summed E-state index contributed by atoms with van der Waals surface area (Å²) in [5.41, 5.74) is 3.60. The Hall–Kier alpha value is -2.27. The van der Waals surface area contributed by atoms with Crippen molar-refractivity contribution in [2.75, 3.05) is 13.1 Å². The van der Waals surface area contributed by atoms with Crippen LogP contribution in [0.5, 0.6) is 0 Å². The quantitative estimate of drug-likeness (QED) is 0.937. The van der Waals surface area contributed by atoms with Gasteiger partial charge in [0, 0.05) is 25.6 Å². The topological polar surface area (TPSA) is 66.3 Å². The molecule has 0 bridgehead atoms. The number of likely N-dealkylation sites (tertiary alicyclic amines) is 1. The lowest BCUT2D eigenvalue weighted by Crippen LogP contribution is -2.39. The van der Waals surface area contributed by atoms with E-state index in [0.29, 0.717) is 5.92 Å². The van der Waals surface area contributed by atoms with E-state index in [1.165, 1.54) is 0 Å². The molecule has 3 rings (SSSR count). The van der Waals surface area contributed by atoms with Crippen molar-refractivity contribution in [3.05, 3.63) is 47.7 Å². The van der Waals surface area contributed by atoms with E-state index in [9.17, 15) is 9.90 Å². The predicted octanol–water partition coefficient (Wildman–Crippen LogP) is 2.44. The molecule has 0 unspecified atom stereocenters. The van der Waals surface area contributed by atoms with E-state index in [0.717, 1.165) is 54.9 Å². The maximum Gasteiger partial charge on any atom is 0.219 e. The van der Waals surface area contributed by atoms with Gasteiger partial charge in [-0.2, -0.15) is 10.2 Å². The first-order valence-electron chi connectivity index (χ1n) is 8.44. The Morgan fingerprint density at radius 3 is 2.88 bits per heavy atom. The highest BCUT2D eigenvalue weighted by atomic mass is 16.3. The molecule has 0 saturated carbocycles. The van der Waals surface area contributed by atoms with Gasteiger partial charge in [0.2, 0.25) is 5.91 Å². The van der Waals surface area contributed by atoms with Gasteiger partial charge in [0.15, 0.2) is 0 Å². The molecule has 0 radical (unpaired) electrons. The standard InChI is InChI=1S/C19H23N3O2/c1-14(24)22-9-3-5-15(12-22)11-18-7-8-19(21-20-18)17-6-2-4-16(10-17)13-23/h2,4,6-8,10,15,23H,3,5,9,11-13H2,1H3/t15-/m1/s1. The van der Waals surface area contributed by atoms with Crippen LogP contribution >= 0.6 is 0 Å². The van der Waals surface area contributed by atoms with Crippen LogP contribution in [-0.2, 0) is 17.8 Å². The molecule has 1 aromatic carbocycles. The van der Waals surface area contributed by atoms with Crippen molar-refractivity contribution >= 4 is 5.91 Å². The van der Waals surface area contributed by atoms with Crippen LogP contribution < -0.4 is 0 Å². The molecule has 1 aromatic heterocycles. The number of nitrogens with zero attached hydrogens (tertiary/aromatic N) is 3. The zero-order valence-corrected chi connectivity index (χ0v) is 14.0. The van der Waals surface area contributed by atoms with Gasteiger partial charge in [0.05, 0.1) is 18.0 Å². The number of amides is 1. The zero-order valence-electron chi connectivity index (χ0n) is 14.0. The molecule has 2 aromatic rings. The second-order valence-corrected chi connectivity index (χ2v) is 6.45. The lowest BCUT2D eigenvalue weighted by atomic mass is 9.93. The lowest BCUT2D eigenvalue weighted by molar-refractivity contribution is -0.130. The number of carbonyl (C=O) groups excluding carboxylic acids is 1. The van der Waals surface area contributed by atoms with Gasteiger partial charge in [0.25, 0.3) is 0 Å². The van der Waals surface area contributed by atoms with Gasteiger partial charge in [-0.3, -0.25) is 4.79 Å². The third-order valence-corrected chi connectivity index (χ3v) is 4.59. The average Bonchev–Trinajstić information content (AvgIpc) is 2.62. The molecule has 0 spiro atoms. The lowest BCUT2D eigenvalue weighted by Gasteiger charge is -2.31. The summed E-state index contributed by atoms with van der Waals surface area (Å²) in [7, 11) is 0. The van der Waals surface area contributed by atoms with Crippen LogP contribution in [0, 0.1) is 5.92 Å². The Kier molecular flexibility index (Phi) is 5.20. The molecule has 1 fully saturated rings. The van der Waals surface area contributed by atoms with Crippen molar-refractivity contribution in [1.82, 2.24) is 15.1 Å². The number of benzene rings is 1. The minimum absolute atomic E-state index is 0.0215. The fraction of sp³-hybridized carbons (Fsp3) is 0.421. The summed E-state index contributed by atoms with van der Waals surface area (Å²) in [4.78, 5) is 13.5. The Morgan fingerprint density at radius 1 is 1.29 bits per heavy atom. The molecular formula is C19H23N3O2. The monoisotopic (exact) mass is 325 g/mol. The Labute approximate surface area is 142 Å². The van der Waals surface area contributed by atoms with Gasteiger partial charge in [-0.1, -0.05) is 18.2 Å². The van der Waals surface area contributed by atoms with Gasteiger partial charge >= 0.3 is 0 Å². The van der Waals surface area contributed by atoms with E-state index < -0.39 is 0 Å². The minimum atomic E-state index is 0.0215. The highest BCUT2D eigenvalue weighted by molar-refractivity contribution is 5.73. The normalized spacial score (nSPS) is 17.8. The molecule has 1 aliphatic rings. The number of piperidine rings is 1. The molecule has 1 N–H and O–H groups in total. The number of aliphatic hydroxyl groups is 1. The number of rotatable bonds is 4. The van der Waals surface area contributed by atoms with Crippen LogP contribution in [-0.4, -0.2) is 39.2 Å². The Morgan fingerprint density at radius 2 is 2.17 bits per heavy atom. The van der Waals surface area contributed by atoms with Gasteiger partial charge in [-0.05, 0) is 48.9 Å². The van der Waals surface area contributed by atoms with Crippen LogP contribution in [0.25, 0.3) is 11.3 Å². The molecule has 5 heteroatoms. The van der Waals surface area contributed by atoms with Crippen LogP contribution in [0.15, 0.2) is 36.4 Å². The van der Waals surface area contributed by atoms with Crippen molar-refractivity contribution in [2.24, 2.45) is 5.92 Å². The SMILES string of the molecule is CC(=O)N1CCC[C@H](Cc2ccc(-c3cccc(CO)c3)nn2)C1. The molecule has 1 atom stereocenters. The Balaban J connectivity index is 1.67. The number of hydrogen-bond donors (Lipinski definition) is 1. The zero-order chi connectivity index (χ0) is 16.9. The summed E-state index contributed by atoms with van der Waals surface area (Å²) in [5.74, 6) is 0.616. The fourth-order valence-electron chi connectivity index (χ4n) is 3.27. The number of hydrogen-bond acceptors (Lipinski definition) is 4. The summed E-state index contributed by atoms with van der Waals surface area (Å²) >= 11 is 0. The summed E-state index contributed by atoms with van der Waals surface area (Å²) < 4.78 is 0. The van der Waals surface area contributed by atoms with Crippen molar-refractivity contribution in [2.45, 2.75) is 32.8 Å². The minimum Gasteiger partial charge on any atom is -0.392 e. The van der Waals surface area contributed by atoms with Crippen LogP contribution in [0.3, 0.4) is 0 Å². The molecule has 0 aliphatic carbocycles. The third-order valence-electron chi connectivity index (χ3n) is 4.59. The number of aromatic nitrogens is 2. The molecule has 1 aliphatic heterocycles. The Bertz CT molecular complexity index is 700. The van der Waals surface area contributed by atoms with E-state index in [-0.39, 0.29) is 12.5 Å². The molecule has 1 amide bonds. The molecule has 1 saturated heterocycles. The van der Waals surface area contributed by atoms with Crippen molar-refractivity contribution < 1.29 is 9.90 Å². The van der Waals surface area contributed by atoms with E-state index >= 15 is 0 Å². The largest absolute Gasteiger partial charge is 0.392 e. The first kappa shape index (κ1) is 16.6. The molecule has 2 heterocycles. The van der Waals surface area contributed by atoms with E-state index in [1.807, 2.05) is 41.3 Å². The number of aliphatic hydroxyl groups excluding tert-OH is 1. The second kappa shape index (κ2) is 7.53. The summed E-state index contributed by atoms with van der Waals surface area (Å²) in [5, 5.41) is 17.9. The van der Waals surface area contributed by atoms with Crippen molar-refractivity contribution in [1.29, 1.82) is 0 Å². The second-order valence-electron chi connectivity index (χ2n) is 6.45. The smallest absolute Gasteiger partial charge is 0.219 e. The maximum absolute atomic E-state index is 11.5. The van der Waals surface area contributed by atoms with Crippen LogP contribution in [0.1, 0.15) is 31.0 Å². The molecule has 24 heavy (non-hydrogen) atoms. The highest BCUT2D eigenvalue weighted by Gasteiger charge is 2.22. The van der Waals surface area contributed by atoms with Crippen molar-refractivity contribution in [3.8, 4) is 11.3 Å². The van der Waals surface area contributed by atoms with Crippen LogP contribution in [0.4, 0.5) is 0 Å². The van der Waals surface area contributed by atoms with Gasteiger partial charge < -0.3 is 10.0 Å². The highest BCUT2D eigenvalue weighted by Crippen LogP contribution is 2.22. The molecular weight excluding hydrogens is 302 g/mol.